The molecule has 38 heavy (non-hydrogen) atoms. The van der Waals surface area contributed by atoms with E-state index in [9.17, 15) is 28.1 Å². The zero-order valence-corrected chi connectivity index (χ0v) is 24.2. The molecule has 2 rings (SSSR count). The van der Waals surface area contributed by atoms with Crippen LogP contribution < -0.4 is 9.62 Å². The Labute approximate surface area is 233 Å². The van der Waals surface area contributed by atoms with Gasteiger partial charge in [-0.3, -0.25) is 24.0 Å². The quantitative estimate of drug-likeness (QED) is 0.283. The maximum Gasteiger partial charge on any atom is 0.271 e. The molecule has 0 aliphatic rings. The molecular weight excluding hydrogens is 555 g/mol. The fraction of sp³-hybridized carbons (Fsp3) is 0.440. The number of nitrogens with zero attached hydrogens (tertiary/aromatic N) is 3. The van der Waals surface area contributed by atoms with E-state index in [-0.39, 0.29) is 35.4 Å². The number of sulfonamides is 1. The molecule has 10 nitrogen and oxygen atoms in total. The Bertz CT molecular complexity index is 1300. The third-order valence-corrected chi connectivity index (χ3v) is 7.81. The number of nitrogens with one attached hydrogen (secondary N) is 1. The van der Waals surface area contributed by atoms with Crippen LogP contribution in [0.1, 0.15) is 44.7 Å². The van der Waals surface area contributed by atoms with Crippen LogP contribution in [0.2, 0.25) is 10.0 Å². The highest BCUT2D eigenvalue weighted by atomic mass is 35.5. The van der Waals surface area contributed by atoms with Crippen LogP contribution in [0.4, 0.5) is 11.4 Å². The number of non-ortho nitro benzene ring substituents is 1. The average Bonchev–Trinajstić information content (AvgIpc) is 2.83. The standard InChI is InChI=1S/C25H32Cl2N4O6S/c1-6-17(4)28-25(33)22(7-2)29(14-18-9-10-19(26)12-21(18)27)24(32)15-30(38(5,36)37)23-13-20(31(34)35)11-8-16(23)3/h8-13,17,22H,6-7,14-15H2,1-5H3,(H,28,33)/t17-,22-/m0/s1. The first-order valence-electron chi connectivity index (χ1n) is 12.0. The molecule has 0 aliphatic heterocycles. The fourth-order valence-corrected chi connectivity index (χ4v) is 5.14. The van der Waals surface area contributed by atoms with E-state index in [2.05, 4.69) is 5.32 Å². The van der Waals surface area contributed by atoms with Gasteiger partial charge < -0.3 is 10.2 Å². The minimum absolute atomic E-state index is 0.00312. The third kappa shape index (κ3) is 8.05. The van der Waals surface area contributed by atoms with E-state index in [0.717, 1.165) is 16.6 Å². The number of anilines is 1. The fourth-order valence-electron chi connectivity index (χ4n) is 3.77. The lowest BCUT2D eigenvalue weighted by molar-refractivity contribution is -0.384. The lowest BCUT2D eigenvalue weighted by Crippen LogP contribution is -2.53. The molecule has 2 aromatic rings. The predicted octanol–water partition coefficient (Wildman–Crippen LogP) is 4.70. The number of rotatable bonds is 12. The molecule has 0 saturated heterocycles. The van der Waals surface area contributed by atoms with Crippen LogP contribution >= 0.6 is 23.2 Å². The van der Waals surface area contributed by atoms with Gasteiger partial charge in [-0.05, 0) is 49.9 Å². The van der Waals surface area contributed by atoms with Crippen LogP contribution in [0.3, 0.4) is 0 Å². The Balaban J connectivity index is 2.56. The number of nitro groups is 1. The number of carbonyl (C=O) groups is 2. The highest BCUT2D eigenvalue weighted by Gasteiger charge is 2.33. The number of amides is 2. The van der Waals surface area contributed by atoms with Crippen molar-refractivity contribution in [2.24, 2.45) is 0 Å². The zero-order chi connectivity index (χ0) is 28.8. The molecule has 0 spiro atoms. The Hall–Kier alpha value is -2.89. The van der Waals surface area contributed by atoms with Gasteiger partial charge in [-0.15, -0.1) is 0 Å². The second-order valence-corrected chi connectivity index (χ2v) is 11.7. The summed E-state index contributed by atoms with van der Waals surface area (Å²) in [6.45, 7) is 6.30. The van der Waals surface area contributed by atoms with Crippen LogP contribution in [0.15, 0.2) is 36.4 Å². The van der Waals surface area contributed by atoms with Gasteiger partial charge in [0.15, 0.2) is 0 Å². The Morgan fingerprint density at radius 1 is 1.11 bits per heavy atom. The smallest absolute Gasteiger partial charge is 0.271 e. The first-order chi connectivity index (χ1) is 17.7. The second-order valence-electron chi connectivity index (χ2n) is 9.00. The molecule has 1 N–H and O–H groups in total. The normalized spacial score (nSPS) is 12.9. The van der Waals surface area contributed by atoms with Crippen LogP contribution in [0.5, 0.6) is 0 Å². The van der Waals surface area contributed by atoms with Gasteiger partial charge >= 0.3 is 0 Å². The van der Waals surface area contributed by atoms with Gasteiger partial charge in [0.1, 0.15) is 12.6 Å². The summed E-state index contributed by atoms with van der Waals surface area (Å²) in [4.78, 5) is 38.9. The summed E-state index contributed by atoms with van der Waals surface area (Å²) in [7, 11) is -4.05. The molecule has 0 aromatic heterocycles. The second kappa shape index (κ2) is 13.3. The number of aryl methyl sites for hydroxylation is 1. The SMILES string of the molecule is CC[C@H](C)NC(=O)[C@H](CC)N(Cc1ccc(Cl)cc1Cl)C(=O)CN(c1cc([N+](=O)[O-])ccc1C)S(C)(=O)=O. The van der Waals surface area contributed by atoms with Crippen LogP contribution in [-0.4, -0.2) is 54.9 Å². The van der Waals surface area contributed by atoms with Crippen molar-refractivity contribution in [1.29, 1.82) is 0 Å². The third-order valence-electron chi connectivity index (χ3n) is 6.09. The van der Waals surface area contributed by atoms with Gasteiger partial charge in [-0.1, -0.05) is 49.2 Å². The first kappa shape index (κ1) is 31.3. The van der Waals surface area contributed by atoms with Crippen molar-refractivity contribution in [3.05, 3.63) is 67.7 Å². The number of benzene rings is 2. The Morgan fingerprint density at radius 2 is 1.76 bits per heavy atom. The van der Waals surface area contributed by atoms with Gasteiger partial charge in [-0.25, -0.2) is 8.42 Å². The molecule has 13 heteroatoms. The minimum atomic E-state index is -4.05. The topological polar surface area (TPSA) is 130 Å². The van der Waals surface area contributed by atoms with E-state index in [1.54, 1.807) is 26.0 Å². The van der Waals surface area contributed by atoms with Crippen molar-refractivity contribution in [3.63, 3.8) is 0 Å². The Kier molecular flexibility index (Phi) is 10.9. The van der Waals surface area contributed by atoms with Gasteiger partial charge in [0.25, 0.3) is 5.69 Å². The summed E-state index contributed by atoms with van der Waals surface area (Å²) in [5.41, 5.74) is 0.604. The molecule has 0 fully saturated rings. The molecule has 2 amide bonds. The first-order valence-corrected chi connectivity index (χ1v) is 14.6. The largest absolute Gasteiger partial charge is 0.352 e. The lowest BCUT2D eigenvalue weighted by atomic mass is 10.1. The maximum atomic E-state index is 13.8. The summed E-state index contributed by atoms with van der Waals surface area (Å²) in [6, 6.07) is 7.43. The van der Waals surface area contributed by atoms with Crippen molar-refractivity contribution in [2.45, 2.75) is 59.2 Å². The summed E-state index contributed by atoms with van der Waals surface area (Å²) in [5.74, 6) is -1.07. The number of hydrogen-bond donors (Lipinski definition) is 1. The van der Waals surface area contributed by atoms with Crippen LogP contribution in [-0.2, 0) is 26.2 Å². The van der Waals surface area contributed by atoms with Gasteiger partial charge in [0, 0.05) is 34.8 Å². The molecule has 0 aliphatic carbocycles. The van der Waals surface area contributed by atoms with E-state index in [1.807, 2.05) is 13.8 Å². The Morgan fingerprint density at radius 3 is 2.29 bits per heavy atom. The molecule has 0 radical (unpaired) electrons. The number of carbonyl (C=O) groups excluding carboxylic acids is 2. The molecule has 0 saturated carbocycles. The summed E-state index contributed by atoms with van der Waals surface area (Å²) in [6.07, 6.45) is 1.83. The van der Waals surface area contributed by atoms with Crippen molar-refractivity contribution in [1.82, 2.24) is 10.2 Å². The molecular formula is C25H32Cl2N4O6S. The summed E-state index contributed by atoms with van der Waals surface area (Å²) < 4.78 is 26.4. The van der Waals surface area contributed by atoms with Gasteiger partial charge in [0.2, 0.25) is 21.8 Å². The highest BCUT2D eigenvalue weighted by Crippen LogP contribution is 2.29. The van der Waals surface area contributed by atoms with Crippen molar-refractivity contribution < 1.29 is 22.9 Å². The summed E-state index contributed by atoms with van der Waals surface area (Å²) in [5, 5.41) is 14.9. The molecule has 0 heterocycles. The van der Waals surface area contributed by atoms with E-state index in [1.165, 1.54) is 23.1 Å². The van der Waals surface area contributed by atoms with Crippen LogP contribution in [0, 0.1) is 17.0 Å². The van der Waals surface area contributed by atoms with Crippen LogP contribution in [0.25, 0.3) is 0 Å². The molecule has 2 atom stereocenters. The lowest BCUT2D eigenvalue weighted by Gasteiger charge is -2.33. The molecule has 0 bridgehead atoms. The molecule has 2 aromatic carbocycles. The van der Waals surface area contributed by atoms with Gasteiger partial charge in [0.05, 0.1) is 16.9 Å². The number of halogens is 2. The number of nitro benzene ring substituents is 1. The number of hydrogen-bond acceptors (Lipinski definition) is 6. The van der Waals surface area contributed by atoms with Crippen molar-refractivity contribution in [2.75, 3.05) is 17.1 Å². The summed E-state index contributed by atoms with van der Waals surface area (Å²) >= 11 is 12.4. The van der Waals surface area contributed by atoms with Crippen molar-refractivity contribution >= 4 is 56.4 Å². The van der Waals surface area contributed by atoms with E-state index < -0.39 is 39.3 Å². The maximum absolute atomic E-state index is 13.8. The zero-order valence-electron chi connectivity index (χ0n) is 21.9. The van der Waals surface area contributed by atoms with Crippen molar-refractivity contribution in [3.8, 4) is 0 Å². The van der Waals surface area contributed by atoms with E-state index >= 15 is 0 Å². The average molecular weight is 588 g/mol. The highest BCUT2D eigenvalue weighted by molar-refractivity contribution is 7.92. The predicted molar refractivity (Wildman–Crippen MR) is 149 cm³/mol. The van der Waals surface area contributed by atoms with E-state index in [0.29, 0.717) is 22.6 Å². The van der Waals surface area contributed by atoms with Gasteiger partial charge in [-0.2, -0.15) is 0 Å². The monoisotopic (exact) mass is 586 g/mol. The molecule has 208 valence electrons. The molecule has 0 unspecified atom stereocenters. The minimum Gasteiger partial charge on any atom is -0.352 e. The van der Waals surface area contributed by atoms with E-state index in [4.69, 9.17) is 23.2 Å².